The van der Waals surface area contributed by atoms with Crippen molar-refractivity contribution in [2.45, 2.75) is 19.8 Å². The number of hydrogen-bond donors (Lipinski definition) is 0. The molecule has 0 radical (unpaired) electrons. The fraction of sp³-hybridized carbons (Fsp3) is 0.333. The smallest absolute Gasteiger partial charge is 0.0706 e. The molecule has 0 aromatic carbocycles. The molecular weight excluding hydrogens is 136 g/mol. The van der Waals surface area contributed by atoms with Gasteiger partial charge in [-0.15, -0.1) is 0 Å². The van der Waals surface area contributed by atoms with Gasteiger partial charge in [-0.3, -0.25) is 0 Å². The number of allylic oxidation sites excluding steroid dienone is 1. The first-order chi connectivity index (χ1) is 5.36. The van der Waals surface area contributed by atoms with Crippen LogP contribution >= 0.6 is 0 Å². The highest BCUT2D eigenvalue weighted by Gasteiger charge is 2.05. The third kappa shape index (κ3) is 1.16. The van der Waals surface area contributed by atoms with Crippen LogP contribution in [0.2, 0.25) is 0 Å². The van der Waals surface area contributed by atoms with E-state index in [1.807, 2.05) is 6.92 Å². The summed E-state index contributed by atoms with van der Waals surface area (Å²) in [5.41, 5.74) is 3.37. The second kappa shape index (κ2) is 2.46. The lowest BCUT2D eigenvalue weighted by Crippen LogP contribution is -2.00. The molecule has 1 aliphatic rings. The van der Waals surface area contributed by atoms with Crippen LogP contribution in [0.1, 0.15) is 23.4 Å². The molecule has 0 bridgehead atoms. The van der Waals surface area contributed by atoms with Gasteiger partial charge in [0.2, 0.25) is 0 Å². The largest absolute Gasteiger partial charge is 0.156 e. The normalized spacial score (nSPS) is 14.6. The molecule has 0 fully saturated rings. The summed E-state index contributed by atoms with van der Waals surface area (Å²) < 4.78 is 0. The van der Waals surface area contributed by atoms with Gasteiger partial charge in [-0.2, -0.15) is 10.2 Å². The lowest BCUT2D eigenvalue weighted by atomic mass is 10.0. The highest BCUT2D eigenvalue weighted by atomic mass is 15.1. The zero-order chi connectivity index (χ0) is 7.68. The predicted octanol–water partition coefficient (Wildman–Crippen LogP) is 1.74. The zero-order valence-electron chi connectivity index (χ0n) is 6.54. The summed E-state index contributed by atoms with van der Waals surface area (Å²) in [5, 5.41) is 8.13. The molecule has 0 saturated carbocycles. The van der Waals surface area contributed by atoms with Gasteiger partial charge in [0.15, 0.2) is 0 Å². The van der Waals surface area contributed by atoms with Crippen molar-refractivity contribution >= 4 is 6.08 Å². The maximum absolute atomic E-state index is 4.12. The Balaban J connectivity index is 2.54. The van der Waals surface area contributed by atoms with Gasteiger partial charge < -0.3 is 0 Å². The van der Waals surface area contributed by atoms with E-state index >= 15 is 0 Å². The maximum Gasteiger partial charge on any atom is 0.0706 e. The first kappa shape index (κ1) is 6.53. The van der Waals surface area contributed by atoms with Crippen LogP contribution in [-0.2, 0) is 6.42 Å². The van der Waals surface area contributed by atoms with Gasteiger partial charge in [0.05, 0.1) is 11.4 Å². The van der Waals surface area contributed by atoms with Crippen LogP contribution in [0.5, 0.6) is 0 Å². The Labute approximate surface area is 66.0 Å². The average Bonchev–Trinajstić information content (AvgIpc) is 2.04. The molecule has 1 aromatic rings. The van der Waals surface area contributed by atoms with E-state index in [0.29, 0.717) is 0 Å². The standard InChI is InChI=1S/C9H10N2/c1-7-6-8-4-2-3-5-9(8)11-10-7/h2,4,6H,3,5H2,1H3. The Morgan fingerprint density at radius 3 is 3.18 bits per heavy atom. The summed E-state index contributed by atoms with van der Waals surface area (Å²) in [6, 6.07) is 2.08. The molecule has 2 heteroatoms. The minimum atomic E-state index is 0.996. The maximum atomic E-state index is 4.12. The monoisotopic (exact) mass is 146 g/mol. The molecule has 0 atom stereocenters. The van der Waals surface area contributed by atoms with Crippen LogP contribution in [-0.4, -0.2) is 10.2 Å². The molecule has 0 unspecified atom stereocenters. The van der Waals surface area contributed by atoms with Crippen molar-refractivity contribution in [2.24, 2.45) is 0 Å². The van der Waals surface area contributed by atoms with Gasteiger partial charge in [-0.1, -0.05) is 12.2 Å². The quantitative estimate of drug-likeness (QED) is 0.557. The Morgan fingerprint density at radius 2 is 2.27 bits per heavy atom. The number of hydrogen-bond acceptors (Lipinski definition) is 2. The molecule has 2 nitrogen and oxygen atoms in total. The minimum Gasteiger partial charge on any atom is -0.156 e. The molecule has 1 aromatic heterocycles. The number of rotatable bonds is 0. The number of aromatic nitrogens is 2. The van der Waals surface area contributed by atoms with E-state index in [9.17, 15) is 0 Å². The minimum absolute atomic E-state index is 0.996. The fourth-order valence-corrected chi connectivity index (χ4v) is 1.30. The van der Waals surface area contributed by atoms with Crippen molar-refractivity contribution in [1.82, 2.24) is 10.2 Å². The highest BCUT2D eigenvalue weighted by molar-refractivity contribution is 5.53. The first-order valence-corrected chi connectivity index (χ1v) is 3.86. The summed E-state index contributed by atoms with van der Waals surface area (Å²) in [5.74, 6) is 0. The Kier molecular flexibility index (Phi) is 1.46. The first-order valence-electron chi connectivity index (χ1n) is 3.86. The van der Waals surface area contributed by atoms with Crippen LogP contribution in [0.15, 0.2) is 12.1 Å². The van der Waals surface area contributed by atoms with E-state index in [-0.39, 0.29) is 0 Å². The van der Waals surface area contributed by atoms with Crippen molar-refractivity contribution in [1.29, 1.82) is 0 Å². The van der Waals surface area contributed by atoms with Crippen LogP contribution in [0.25, 0.3) is 6.08 Å². The Bertz CT molecular complexity index is 302. The van der Waals surface area contributed by atoms with Gasteiger partial charge in [0.25, 0.3) is 0 Å². The molecule has 0 N–H and O–H groups in total. The second-order valence-corrected chi connectivity index (χ2v) is 2.83. The van der Waals surface area contributed by atoms with Crippen molar-refractivity contribution in [3.8, 4) is 0 Å². The summed E-state index contributed by atoms with van der Waals surface area (Å²) in [6.07, 6.45) is 6.45. The van der Waals surface area contributed by atoms with Crippen molar-refractivity contribution in [2.75, 3.05) is 0 Å². The summed E-state index contributed by atoms with van der Waals surface area (Å²) in [7, 11) is 0. The molecule has 11 heavy (non-hydrogen) atoms. The highest BCUT2D eigenvalue weighted by Crippen LogP contribution is 2.15. The van der Waals surface area contributed by atoms with Gasteiger partial charge in [0, 0.05) is 0 Å². The number of aryl methyl sites for hydroxylation is 2. The van der Waals surface area contributed by atoms with Crippen molar-refractivity contribution in [3.63, 3.8) is 0 Å². The van der Waals surface area contributed by atoms with E-state index in [4.69, 9.17) is 0 Å². The molecule has 0 spiro atoms. The second-order valence-electron chi connectivity index (χ2n) is 2.83. The van der Waals surface area contributed by atoms with Crippen LogP contribution in [0.3, 0.4) is 0 Å². The molecule has 0 amide bonds. The Hall–Kier alpha value is -1.18. The van der Waals surface area contributed by atoms with Crippen LogP contribution in [0.4, 0.5) is 0 Å². The summed E-state index contributed by atoms with van der Waals surface area (Å²) in [6.45, 7) is 1.97. The van der Waals surface area contributed by atoms with Crippen LogP contribution < -0.4 is 0 Å². The van der Waals surface area contributed by atoms with Crippen LogP contribution in [0, 0.1) is 6.92 Å². The number of fused-ring (bicyclic) bond motifs is 1. The topological polar surface area (TPSA) is 25.8 Å². The molecule has 0 saturated heterocycles. The molecule has 0 aliphatic heterocycles. The van der Waals surface area contributed by atoms with Gasteiger partial charge in [-0.25, -0.2) is 0 Å². The van der Waals surface area contributed by atoms with E-state index < -0.39 is 0 Å². The molecule has 1 aliphatic carbocycles. The lowest BCUT2D eigenvalue weighted by molar-refractivity contribution is 0.845. The summed E-state index contributed by atoms with van der Waals surface area (Å²) in [4.78, 5) is 0. The molecular formula is C9H10N2. The lowest BCUT2D eigenvalue weighted by Gasteiger charge is -2.07. The van der Waals surface area contributed by atoms with Gasteiger partial charge in [0.1, 0.15) is 0 Å². The third-order valence-electron chi connectivity index (χ3n) is 1.87. The van der Waals surface area contributed by atoms with E-state index in [0.717, 1.165) is 24.2 Å². The summed E-state index contributed by atoms with van der Waals surface area (Å²) >= 11 is 0. The molecule has 1 heterocycles. The van der Waals surface area contributed by atoms with Gasteiger partial charge >= 0.3 is 0 Å². The number of nitrogens with zero attached hydrogens (tertiary/aromatic N) is 2. The van der Waals surface area contributed by atoms with Crippen molar-refractivity contribution in [3.05, 3.63) is 29.1 Å². The van der Waals surface area contributed by atoms with E-state index in [1.54, 1.807) is 0 Å². The SMILES string of the molecule is Cc1cc2c(nn1)CCC=C2. The molecule has 56 valence electrons. The third-order valence-corrected chi connectivity index (χ3v) is 1.87. The van der Waals surface area contributed by atoms with E-state index in [1.165, 1.54) is 5.56 Å². The van der Waals surface area contributed by atoms with Gasteiger partial charge in [-0.05, 0) is 31.4 Å². The average molecular weight is 146 g/mol. The Morgan fingerprint density at radius 1 is 1.36 bits per heavy atom. The zero-order valence-corrected chi connectivity index (χ0v) is 6.54. The fourth-order valence-electron chi connectivity index (χ4n) is 1.30. The van der Waals surface area contributed by atoms with E-state index in [2.05, 4.69) is 28.4 Å². The van der Waals surface area contributed by atoms with Crippen molar-refractivity contribution < 1.29 is 0 Å². The predicted molar refractivity (Wildman–Crippen MR) is 44.1 cm³/mol. The molecule has 2 rings (SSSR count).